The van der Waals surface area contributed by atoms with Crippen LogP contribution < -0.4 is 5.32 Å². The summed E-state index contributed by atoms with van der Waals surface area (Å²) in [5.41, 5.74) is 0.754. The van der Waals surface area contributed by atoms with Crippen LogP contribution in [-0.2, 0) is 0 Å². The van der Waals surface area contributed by atoms with Gasteiger partial charge in [0.1, 0.15) is 0 Å². The number of carbonyl (C=O) groups excluding carboxylic acids is 1. The van der Waals surface area contributed by atoms with Crippen LogP contribution in [0.5, 0.6) is 0 Å². The van der Waals surface area contributed by atoms with Crippen molar-refractivity contribution < 1.29 is 4.79 Å². The summed E-state index contributed by atoms with van der Waals surface area (Å²) >= 11 is 6.87. The molecular formula is C13H14Br2N2O. The number of amides is 1. The number of benzene rings is 1. The molecule has 1 amide bonds. The van der Waals surface area contributed by atoms with Crippen LogP contribution in [0.3, 0.4) is 0 Å². The van der Waals surface area contributed by atoms with E-state index in [1.54, 1.807) is 0 Å². The van der Waals surface area contributed by atoms with Crippen molar-refractivity contribution >= 4 is 37.8 Å². The van der Waals surface area contributed by atoms with E-state index < -0.39 is 0 Å². The molecule has 0 aliphatic carbocycles. The number of carbonyl (C=O) groups is 1. The first kappa shape index (κ1) is 12.6. The van der Waals surface area contributed by atoms with Crippen LogP contribution in [0.15, 0.2) is 27.1 Å². The molecule has 2 atom stereocenters. The van der Waals surface area contributed by atoms with E-state index >= 15 is 0 Å². The molecule has 2 fully saturated rings. The Morgan fingerprint density at radius 3 is 2.67 bits per heavy atom. The minimum atomic E-state index is 0.146. The number of hydrogen-bond acceptors (Lipinski definition) is 2. The van der Waals surface area contributed by atoms with Crippen molar-refractivity contribution in [2.24, 2.45) is 5.92 Å². The molecule has 5 heteroatoms. The highest BCUT2D eigenvalue weighted by Crippen LogP contribution is 2.29. The minimum absolute atomic E-state index is 0.146. The maximum Gasteiger partial charge on any atom is 0.254 e. The van der Waals surface area contributed by atoms with E-state index in [0.29, 0.717) is 12.0 Å². The molecule has 2 heterocycles. The summed E-state index contributed by atoms with van der Waals surface area (Å²) in [6, 6.07) is 6.11. The lowest BCUT2D eigenvalue weighted by molar-refractivity contribution is 0.0737. The fraction of sp³-hybridized carbons (Fsp3) is 0.462. The molecule has 96 valence electrons. The molecule has 2 aliphatic rings. The lowest BCUT2D eigenvalue weighted by atomic mass is 10.0. The van der Waals surface area contributed by atoms with Gasteiger partial charge in [-0.05, 0) is 30.5 Å². The third kappa shape index (κ3) is 2.24. The predicted molar refractivity (Wildman–Crippen MR) is 77.6 cm³/mol. The molecule has 3 nitrogen and oxygen atoms in total. The van der Waals surface area contributed by atoms with Crippen molar-refractivity contribution in [2.45, 2.75) is 12.5 Å². The lowest BCUT2D eigenvalue weighted by Crippen LogP contribution is -2.39. The van der Waals surface area contributed by atoms with Gasteiger partial charge < -0.3 is 10.2 Å². The average molecular weight is 374 g/mol. The summed E-state index contributed by atoms with van der Waals surface area (Å²) in [5.74, 6) is 0.790. The summed E-state index contributed by atoms with van der Waals surface area (Å²) in [7, 11) is 0. The second kappa shape index (κ2) is 4.94. The van der Waals surface area contributed by atoms with Gasteiger partial charge in [-0.25, -0.2) is 0 Å². The first-order valence-electron chi connectivity index (χ1n) is 6.13. The zero-order chi connectivity index (χ0) is 12.7. The van der Waals surface area contributed by atoms with Gasteiger partial charge in [0.2, 0.25) is 0 Å². The molecule has 2 saturated heterocycles. The van der Waals surface area contributed by atoms with Gasteiger partial charge in [0, 0.05) is 40.2 Å². The summed E-state index contributed by atoms with van der Waals surface area (Å²) in [6.07, 6.45) is 1.12. The molecule has 0 radical (unpaired) electrons. The minimum Gasteiger partial charge on any atom is -0.334 e. The largest absolute Gasteiger partial charge is 0.334 e. The highest BCUT2D eigenvalue weighted by atomic mass is 79.9. The molecular weight excluding hydrogens is 360 g/mol. The van der Waals surface area contributed by atoms with Gasteiger partial charge in [0.05, 0.1) is 0 Å². The third-order valence-corrected chi connectivity index (χ3v) is 4.73. The van der Waals surface area contributed by atoms with Crippen LogP contribution in [0.1, 0.15) is 16.8 Å². The number of likely N-dealkylation sites (tertiary alicyclic amines) is 1. The highest BCUT2D eigenvalue weighted by molar-refractivity contribution is 9.11. The number of halogens is 2. The molecule has 1 aromatic rings. The molecule has 1 N–H and O–H groups in total. The molecule has 2 aliphatic heterocycles. The number of nitrogens with zero attached hydrogens (tertiary/aromatic N) is 1. The Balaban J connectivity index is 1.86. The van der Waals surface area contributed by atoms with Crippen molar-refractivity contribution in [3.05, 3.63) is 32.7 Å². The average Bonchev–Trinajstić information content (AvgIpc) is 2.88. The zero-order valence-electron chi connectivity index (χ0n) is 9.83. The van der Waals surface area contributed by atoms with E-state index in [4.69, 9.17) is 0 Å². The van der Waals surface area contributed by atoms with Crippen LogP contribution in [0.4, 0.5) is 0 Å². The SMILES string of the molecule is O=C(c1cc(Br)cc(Br)c1)N1CC[C@H]2CNC[C@H]21. The van der Waals surface area contributed by atoms with Gasteiger partial charge in [0.15, 0.2) is 0 Å². The maximum atomic E-state index is 12.6. The van der Waals surface area contributed by atoms with Crippen molar-refractivity contribution in [3.63, 3.8) is 0 Å². The fourth-order valence-electron chi connectivity index (χ4n) is 2.94. The molecule has 1 aromatic carbocycles. The molecule has 3 rings (SSSR count). The standard InChI is InChI=1S/C13H14Br2N2O/c14-10-3-9(4-11(15)5-10)13(18)17-2-1-8-6-16-7-12(8)17/h3-5,8,12,16H,1-2,6-7H2/t8-,12+/m0/s1. The molecule has 0 unspecified atom stereocenters. The van der Waals surface area contributed by atoms with Gasteiger partial charge in [-0.2, -0.15) is 0 Å². The smallest absolute Gasteiger partial charge is 0.254 e. The van der Waals surface area contributed by atoms with E-state index in [1.165, 1.54) is 0 Å². The van der Waals surface area contributed by atoms with Crippen LogP contribution in [-0.4, -0.2) is 36.5 Å². The van der Waals surface area contributed by atoms with Crippen LogP contribution in [0.2, 0.25) is 0 Å². The van der Waals surface area contributed by atoms with E-state index in [2.05, 4.69) is 37.2 Å². The van der Waals surface area contributed by atoms with Crippen LogP contribution in [0.25, 0.3) is 0 Å². The van der Waals surface area contributed by atoms with E-state index in [-0.39, 0.29) is 5.91 Å². The van der Waals surface area contributed by atoms with Crippen molar-refractivity contribution in [2.75, 3.05) is 19.6 Å². The van der Waals surface area contributed by atoms with Gasteiger partial charge in [-0.3, -0.25) is 4.79 Å². The van der Waals surface area contributed by atoms with Crippen LogP contribution >= 0.6 is 31.9 Å². The number of hydrogen-bond donors (Lipinski definition) is 1. The monoisotopic (exact) mass is 372 g/mol. The Morgan fingerprint density at radius 2 is 1.94 bits per heavy atom. The van der Waals surface area contributed by atoms with Gasteiger partial charge in [0.25, 0.3) is 5.91 Å². The number of fused-ring (bicyclic) bond motifs is 1. The van der Waals surface area contributed by atoms with E-state index in [0.717, 1.165) is 40.6 Å². The molecule has 0 saturated carbocycles. The van der Waals surface area contributed by atoms with E-state index in [9.17, 15) is 4.79 Å². The highest BCUT2D eigenvalue weighted by Gasteiger charge is 2.40. The van der Waals surface area contributed by atoms with Gasteiger partial charge in [-0.1, -0.05) is 31.9 Å². The van der Waals surface area contributed by atoms with Crippen molar-refractivity contribution in [3.8, 4) is 0 Å². The topological polar surface area (TPSA) is 32.3 Å². The Labute approximate surface area is 123 Å². The summed E-state index contributed by atoms with van der Waals surface area (Å²) in [4.78, 5) is 14.6. The summed E-state index contributed by atoms with van der Waals surface area (Å²) in [6.45, 7) is 2.88. The first-order chi connectivity index (χ1) is 8.65. The summed E-state index contributed by atoms with van der Waals surface area (Å²) < 4.78 is 1.86. The number of nitrogens with one attached hydrogen (secondary N) is 1. The van der Waals surface area contributed by atoms with E-state index in [1.807, 2.05) is 23.1 Å². The maximum absolute atomic E-state index is 12.6. The van der Waals surface area contributed by atoms with Gasteiger partial charge in [-0.15, -0.1) is 0 Å². The molecule has 0 spiro atoms. The van der Waals surface area contributed by atoms with Crippen LogP contribution in [0, 0.1) is 5.92 Å². The molecule has 18 heavy (non-hydrogen) atoms. The Hall–Kier alpha value is -0.390. The third-order valence-electron chi connectivity index (χ3n) is 3.82. The normalized spacial score (nSPS) is 26.4. The Morgan fingerprint density at radius 1 is 1.22 bits per heavy atom. The Bertz CT molecular complexity index is 472. The lowest BCUT2D eigenvalue weighted by Gasteiger charge is -2.23. The second-order valence-electron chi connectivity index (χ2n) is 4.93. The summed E-state index contributed by atoms with van der Waals surface area (Å²) in [5, 5.41) is 3.37. The van der Waals surface area contributed by atoms with Crippen molar-refractivity contribution in [1.82, 2.24) is 10.2 Å². The fourth-order valence-corrected chi connectivity index (χ4v) is 4.24. The van der Waals surface area contributed by atoms with Gasteiger partial charge >= 0.3 is 0 Å². The first-order valence-corrected chi connectivity index (χ1v) is 7.71. The zero-order valence-corrected chi connectivity index (χ0v) is 13.0. The quantitative estimate of drug-likeness (QED) is 0.820. The Kier molecular flexibility index (Phi) is 3.47. The van der Waals surface area contributed by atoms with Crippen molar-refractivity contribution in [1.29, 1.82) is 0 Å². The second-order valence-corrected chi connectivity index (χ2v) is 6.76. The predicted octanol–water partition coefficient (Wildman–Crippen LogP) is 2.65. The number of rotatable bonds is 1. The molecule has 0 aromatic heterocycles. The molecule has 0 bridgehead atoms.